The molecule has 3 aliphatic heterocycles. The van der Waals surface area contributed by atoms with Gasteiger partial charge in [0.2, 0.25) is 0 Å². The molecule has 0 radical (unpaired) electrons. The highest BCUT2D eigenvalue weighted by molar-refractivity contribution is 5.92. The number of aromatic amines is 3. The first-order valence-electron chi connectivity index (χ1n) is 39.0. The molecule has 6 aromatic carbocycles. The fourth-order valence-corrected chi connectivity index (χ4v) is 16.0. The summed E-state index contributed by atoms with van der Waals surface area (Å²) >= 11 is 0. The van der Waals surface area contributed by atoms with Gasteiger partial charge in [-0.1, -0.05) is 122 Å². The summed E-state index contributed by atoms with van der Waals surface area (Å²) in [5, 5.41) is 37.3. The van der Waals surface area contributed by atoms with Crippen LogP contribution in [0.1, 0.15) is 184 Å². The monoisotopic (exact) mass is 1770 g/mol. The first-order valence-corrected chi connectivity index (χ1v) is 39.0. The number of carbonyl (C=O) groups excluding carboxylic acids is 1. The maximum atomic E-state index is 13.5. The normalized spacial score (nSPS) is 22.7. The first-order chi connectivity index (χ1) is 58.2. The van der Waals surface area contributed by atoms with Crippen molar-refractivity contribution in [2.45, 2.75) is 188 Å². The Kier molecular flexibility index (Phi) is 29.2. The SMILES string of the molecule is CC/C(=N\OC)[C@]1(n2cn[nH]c2=O)CC[C@@](CO[C@H](C)c2cc(C(F)(F)F)cc(C(F)(F)F)c2)(c2ccccc2)NC1.CC/C(=N\OC)[C@]1(n2cn[nH]c2=O)CC[C@@](CO[C@H](C)c2cc(C(F)(F)F)cc(C(F)(F)F)c2)(c2ccccc2)NC1.CCC(=O)[C@]1(n2cn[nH]c2=O)CC[C@@](CO[C@H](C)c2cc(C(F)(F)F)cc(C(F)(F)F)c2)(c2ccccc2)NC1. The first kappa shape index (κ1) is 95.5. The molecule has 9 atom stereocenters. The van der Waals surface area contributed by atoms with E-state index in [9.17, 15) is 98.2 Å². The highest BCUT2D eigenvalue weighted by Crippen LogP contribution is 2.47. The smallest absolute Gasteiger partial charge is 0.399 e. The quantitative estimate of drug-likeness (QED) is 0.0167. The van der Waals surface area contributed by atoms with Gasteiger partial charge in [0.25, 0.3) is 0 Å². The average molecular weight is 1770 g/mol. The number of carbonyl (C=O) groups is 1. The Bertz CT molecular complexity index is 4990. The molecule has 6 N–H and O–H groups in total. The minimum Gasteiger partial charge on any atom is -0.399 e. The number of hydrogen-bond donors (Lipinski definition) is 6. The number of Topliss-reactive ketones (excluding diaryl/α,β-unsaturated/α-hetero) is 1. The highest BCUT2D eigenvalue weighted by Gasteiger charge is 2.53. The van der Waals surface area contributed by atoms with Crippen molar-refractivity contribution in [3.05, 3.63) is 263 Å². The number of nitrogens with one attached hydrogen (secondary N) is 6. The zero-order valence-electron chi connectivity index (χ0n) is 68.0. The zero-order chi connectivity index (χ0) is 90.9. The molecule has 6 heterocycles. The van der Waals surface area contributed by atoms with Crippen LogP contribution in [0.15, 0.2) is 189 Å². The number of ketones is 1. The van der Waals surface area contributed by atoms with E-state index in [0.717, 1.165) is 16.7 Å². The van der Waals surface area contributed by atoms with Crippen LogP contribution in [-0.4, -0.2) is 115 Å². The van der Waals surface area contributed by atoms with Crippen molar-refractivity contribution in [1.29, 1.82) is 0 Å². The zero-order valence-corrected chi connectivity index (χ0v) is 68.0. The summed E-state index contributed by atoms with van der Waals surface area (Å²) in [6, 6.07) is 31.6. The predicted octanol–water partition coefficient (Wildman–Crippen LogP) is 16.9. The van der Waals surface area contributed by atoms with Gasteiger partial charge >= 0.3 is 54.1 Å². The number of halogens is 18. The van der Waals surface area contributed by atoms with Gasteiger partial charge in [0.1, 0.15) is 49.8 Å². The van der Waals surface area contributed by atoms with Crippen molar-refractivity contribution in [1.82, 2.24) is 60.2 Å². The molecule has 0 amide bonds. The maximum absolute atomic E-state index is 13.5. The number of alkyl halides is 18. The molecule has 12 rings (SSSR count). The summed E-state index contributed by atoms with van der Waals surface area (Å²) in [6.45, 7) is 9.70. The topological polar surface area (TPSA) is 276 Å². The number of H-pyrrole nitrogens is 3. The van der Waals surface area contributed by atoms with Crippen molar-refractivity contribution in [2.75, 3.05) is 53.7 Å². The van der Waals surface area contributed by atoms with Gasteiger partial charge in [-0.25, -0.2) is 29.7 Å². The summed E-state index contributed by atoms with van der Waals surface area (Å²) < 4.78 is 264. The number of oxime groups is 2. The second-order valence-electron chi connectivity index (χ2n) is 30.4. The van der Waals surface area contributed by atoms with Gasteiger partial charge in [0.15, 0.2) is 5.78 Å². The average Bonchev–Trinajstić information content (AvgIpc) is 1.22. The minimum absolute atomic E-state index is 0.0214. The Hall–Kier alpha value is -10.8. The minimum atomic E-state index is -4.98. The molecule has 3 fully saturated rings. The second-order valence-corrected chi connectivity index (χ2v) is 30.4. The standard InChI is InChI=1S/2C28H31F6N5O3.C27H28F6N4O3/c2*1-4-23(38-41-3)26(39-17-36-37-24(39)40)11-10-25(35-15-26,20-8-6-5-7-9-20)16-42-18(2)19-12-21(27(29,30)31)14-22(13-19)28(32,33)34;1-3-22(38)25(37-16-35-36-23(37)39)10-9-24(34-14-25,19-7-5-4-6-8-19)15-40-17(2)18-11-20(26(28,29)30)13-21(12-18)27(31,32)33/h2*5-9,12-14,17-18,35H,4,10-11,15-16H2,1-3H3,(H,37,40);4-8,11-13,16-17,34H,3,9-10,14-15H2,1-2H3,(H,36,39)/b2*38-23+;/t2*18-,25-,26+;17-,24-,25+/m111/s1. The lowest BCUT2D eigenvalue weighted by atomic mass is 9.73. The molecular formula is C83H90F18N14O9. The Labute approximate surface area is 697 Å². The lowest BCUT2D eigenvalue weighted by Crippen LogP contribution is -2.63. The van der Waals surface area contributed by atoms with Gasteiger partial charge < -0.3 is 39.8 Å². The number of piperidine rings is 3. The van der Waals surface area contributed by atoms with E-state index in [4.69, 9.17) is 23.9 Å². The second kappa shape index (κ2) is 38.0. The fourth-order valence-electron chi connectivity index (χ4n) is 16.0. The van der Waals surface area contributed by atoms with Gasteiger partial charge in [0, 0.05) is 26.1 Å². The van der Waals surface area contributed by atoms with Gasteiger partial charge in [0.05, 0.1) is 99.6 Å². The fraction of sp³-hybridized carbons (Fsp3) is 0.458. The number of rotatable bonds is 26. The summed E-state index contributed by atoms with van der Waals surface area (Å²) in [6.07, 6.45) is -26.2. The van der Waals surface area contributed by atoms with E-state index in [1.165, 1.54) is 67.7 Å². The van der Waals surface area contributed by atoms with Gasteiger partial charge in [-0.15, -0.1) is 0 Å². The van der Waals surface area contributed by atoms with E-state index in [2.05, 4.69) is 56.9 Å². The number of ether oxygens (including phenoxy) is 3. The Morgan fingerprint density at radius 1 is 0.379 bits per heavy atom. The molecule has 3 aromatic heterocycles. The lowest BCUT2D eigenvalue weighted by molar-refractivity contribution is -0.145. The predicted molar refractivity (Wildman–Crippen MR) is 416 cm³/mol. The number of benzene rings is 6. The summed E-state index contributed by atoms with van der Waals surface area (Å²) in [7, 11) is 2.80. The lowest BCUT2D eigenvalue weighted by Gasteiger charge is -2.48. The number of nitrogens with zero attached hydrogens (tertiary/aromatic N) is 8. The molecule has 0 spiro atoms. The molecule has 672 valence electrons. The van der Waals surface area contributed by atoms with E-state index < -0.39 is 139 Å². The molecule has 0 aliphatic carbocycles. The summed E-state index contributed by atoms with van der Waals surface area (Å²) in [5.41, 5.74) is -13.1. The van der Waals surface area contributed by atoms with E-state index in [-0.39, 0.29) is 99.4 Å². The van der Waals surface area contributed by atoms with Crippen LogP contribution in [0.2, 0.25) is 0 Å². The van der Waals surface area contributed by atoms with E-state index in [1.54, 1.807) is 25.1 Å². The molecule has 0 bridgehead atoms. The largest absolute Gasteiger partial charge is 0.416 e. The molecule has 3 aliphatic rings. The van der Waals surface area contributed by atoms with Crippen molar-refractivity contribution < 1.29 is 108 Å². The molecular weight excluding hydrogens is 1680 g/mol. The molecule has 3 saturated heterocycles. The van der Waals surface area contributed by atoms with Crippen LogP contribution in [0.25, 0.3) is 0 Å². The van der Waals surface area contributed by atoms with Gasteiger partial charge in [-0.05, 0) is 160 Å². The summed E-state index contributed by atoms with van der Waals surface area (Å²) in [4.78, 5) is 61.0. The third-order valence-electron chi connectivity index (χ3n) is 23.0. The maximum Gasteiger partial charge on any atom is 0.416 e. The van der Waals surface area contributed by atoms with Crippen LogP contribution in [-0.2, 0) is 99.0 Å². The van der Waals surface area contributed by atoms with Crippen LogP contribution in [0.3, 0.4) is 0 Å². The number of hydrogen-bond acceptors (Lipinski definition) is 17. The Morgan fingerprint density at radius 3 is 0.815 bits per heavy atom. The number of aromatic nitrogens is 9. The van der Waals surface area contributed by atoms with E-state index in [0.29, 0.717) is 86.3 Å². The van der Waals surface area contributed by atoms with Gasteiger partial charge in [-0.3, -0.25) is 18.5 Å². The Morgan fingerprint density at radius 2 is 0.621 bits per heavy atom. The van der Waals surface area contributed by atoms with Crippen molar-refractivity contribution in [3.63, 3.8) is 0 Å². The van der Waals surface area contributed by atoms with Crippen LogP contribution < -0.4 is 33.0 Å². The highest BCUT2D eigenvalue weighted by atomic mass is 19.4. The molecule has 23 nitrogen and oxygen atoms in total. The van der Waals surface area contributed by atoms with Crippen molar-refractivity contribution in [2.24, 2.45) is 10.3 Å². The van der Waals surface area contributed by atoms with E-state index >= 15 is 0 Å². The molecule has 41 heteroatoms. The molecule has 0 saturated carbocycles. The molecule has 124 heavy (non-hydrogen) atoms. The Balaban J connectivity index is 0.000000195. The van der Waals surface area contributed by atoms with Gasteiger partial charge in [-0.2, -0.15) is 94.3 Å². The third kappa shape index (κ3) is 21.1. The summed E-state index contributed by atoms with van der Waals surface area (Å²) in [5.74, 6) is -0.192. The van der Waals surface area contributed by atoms with Crippen LogP contribution in [0, 0.1) is 0 Å². The van der Waals surface area contributed by atoms with E-state index in [1.807, 2.05) is 86.6 Å². The van der Waals surface area contributed by atoms with Crippen molar-refractivity contribution >= 4 is 17.2 Å². The third-order valence-corrected chi connectivity index (χ3v) is 23.0. The molecule has 0 unspecified atom stereocenters. The molecule has 9 aromatic rings. The van der Waals surface area contributed by atoms with Crippen molar-refractivity contribution in [3.8, 4) is 0 Å². The van der Waals surface area contributed by atoms with Crippen LogP contribution in [0.4, 0.5) is 79.0 Å². The van der Waals surface area contributed by atoms with Crippen LogP contribution in [0.5, 0.6) is 0 Å². The van der Waals surface area contributed by atoms with Crippen LogP contribution >= 0.6 is 0 Å².